The Bertz CT molecular complexity index is 629. The number of thiazole rings is 1. The van der Waals surface area contributed by atoms with Crippen molar-refractivity contribution in [3.63, 3.8) is 0 Å². The molecule has 98 valence electrons. The first-order valence-electron chi connectivity index (χ1n) is 6.09. The largest absolute Gasteiger partial charge is 0.396 e. The van der Waals surface area contributed by atoms with Crippen LogP contribution >= 0.6 is 11.3 Å². The van der Waals surface area contributed by atoms with E-state index < -0.39 is 5.91 Å². The number of hydrogen-bond donors (Lipinski definition) is 3. The summed E-state index contributed by atoms with van der Waals surface area (Å²) in [7, 11) is 0. The molecular formula is C13H14N4OS. The Hall–Kier alpha value is -2.08. The Morgan fingerprint density at radius 2 is 2.21 bits per heavy atom. The average molecular weight is 274 g/mol. The molecule has 5 nitrogen and oxygen atoms in total. The highest BCUT2D eigenvalue weighted by Crippen LogP contribution is 2.33. The molecule has 0 aliphatic heterocycles. The summed E-state index contributed by atoms with van der Waals surface area (Å²) < 4.78 is 0. The number of anilines is 3. The first kappa shape index (κ1) is 12.0. The standard InChI is InChI=1S/C13H14N4OS/c14-11-7(12(15)18)3-1-5-9(11)17-13-16-8-4-2-6-10(8)19-13/h1,3,5H,2,4,6,14H2,(H2,15,18)(H,16,17). The monoisotopic (exact) mass is 274 g/mol. The predicted octanol–water partition coefficient (Wildman–Crippen LogP) is 2.06. The summed E-state index contributed by atoms with van der Waals surface area (Å²) in [5, 5.41) is 3.99. The lowest BCUT2D eigenvalue weighted by Crippen LogP contribution is -2.14. The summed E-state index contributed by atoms with van der Waals surface area (Å²) in [5.74, 6) is -0.525. The Morgan fingerprint density at radius 3 is 2.95 bits per heavy atom. The van der Waals surface area contributed by atoms with Crippen molar-refractivity contribution in [3.8, 4) is 0 Å². The van der Waals surface area contributed by atoms with E-state index in [1.54, 1.807) is 23.5 Å². The molecule has 0 saturated carbocycles. The summed E-state index contributed by atoms with van der Waals surface area (Å²) in [6.07, 6.45) is 3.34. The number of carbonyl (C=O) groups excluding carboxylic acids is 1. The van der Waals surface area contributed by atoms with E-state index in [2.05, 4.69) is 10.3 Å². The molecule has 1 heterocycles. The summed E-state index contributed by atoms with van der Waals surface area (Å²) in [6, 6.07) is 5.18. The maximum atomic E-state index is 11.2. The van der Waals surface area contributed by atoms with Gasteiger partial charge in [-0.1, -0.05) is 6.07 Å². The van der Waals surface area contributed by atoms with Gasteiger partial charge < -0.3 is 16.8 Å². The molecule has 1 aliphatic carbocycles. The molecule has 1 amide bonds. The second kappa shape index (κ2) is 4.55. The van der Waals surface area contributed by atoms with Crippen molar-refractivity contribution in [3.05, 3.63) is 34.3 Å². The summed E-state index contributed by atoms with van der Waals surface area (Å²) >= 11 is 1.65. The Kier molecular flexibility index (Phi) is 2.87. The number of nitrogens with two attached hydrogens (primary N) is 2. The number of nitrogens with one attached hydrogen (secondary N) is 1. The van der Waals surface area contributed by atoms with Gasteiger partial charge in [0.25, 0.3) is 5.91 Å². The number of fused-ring (bicyclic) bond motifs is 1. The lowest BCUT2D eigenvalue weighted by molar-refractivity contribution is 0.100. The van der Waals surface area contributed by atoms with Crippen molar-refractivity contribution in [1.29, 1.82) is 0 Å². The van der Waals surface area contributed by atoms with Crippen LogP contribution in [0.1, 0.15) is 27.3 Å². The molecule has 19 heavy (non-hydrogen) atoms. The number of para-hydroxylation sites is 1. The van der Waals surface area contributed by atoms with E-state index in [-0.39, 0.29) is 0 Å². The lowest BCUT2D eigenvalue weighted by Gasteiger charge is -2.09. The fourth-order valence-corrected chi connectivity index (χ4v) is 3.31. The fourth-order valence-electron chi connectivity index (χ4n) is 2.25. The molecule has 0 radical (unpaired) electrons. The molecule has 0 saturated heterocycles. The highest BCUT2D eigenvalue weighted by molar-refractivity contribution is 7.15. The van der Waals surface area contributed by atoms with Crippen LogP contribution < -0.4 is 16.8 Å². The number of primary amides is 1. The Morgan fingerprint density at radius 1 is 1.37 bits per heavy atom. The molecule has 0 atom stereocenters. The molecule has 6 heteroatoms. The number of nitrogen functional groups attached to an aromatic ring is 1. The molecule has 2 aromatic rings. The number of nitrogens with zero attached hydrogens (tertiary/aromatic N) is 1. The third-order valence-corrected chi connectivity index (χ3v) is 4.28. The minimum atomic E-state index is -0.525. The predicted molar refractivity (Wildman–Crippen MR) is 76.8 cm³/mol. The van der Waals surface area contributed by atoms with Crippen molar-refractivity contribution in [2.75, 3.05) is 11.1 Å². The number of aryl methyl sites for hydroxylation is 2. The molecule has 0 spiro atoms. The molecule has 5 N–H and O–H groups in total. The highest BCUT2D eigenvalue weighted by Gasteiger charge is 2.17. The molecule has 1 aromatic carbocycles. The van der Waals surface area contributed by atoms with Gasteiger partial charge in [0.1, 0.15) is 0 Å². The second-order valence-corrected chi connectivity index (χ2v) is 5.58. The first-order valence-corrected chi connectivity index (χ1v) is 6.90. The van der Waals surface area contributed by atoms with E-state index >= 15 is 0 Å². The highest BCUT2D eigenvalue weighted by atomic mass is 32.1. The van der Waals surface area contributed by atoms with Crippen LogP contribution in [0.3, 0.4) is 0 Å². The normalized spacial score (nSPS) is 13.3. The van der Waals surface area contributed by atoms with E-state index in [9.17, 15) is 4.79 Å². The number of carbonyl (C=O) groups is 1. The summed E-state index contributed by atoms with van der Waals surface area (Å²) in [5.41, 5.74) is 13.8. The van der Waals surface area contributed by atoms with Gasteiger partial charge in [0.05, 0.1) is 22.6 Å². The van der Waals surface area contributed by atoms with Crippen LogP contribution in [-0.4, -0.2) is 10.9 Å². The van der Waals surface area contributed by atoms with E-state index in [4.69, 9.17) is 11.5 Å². The minimum absolute atomic E-state index is 0.328. The first-order chi connectivity index (χ1) is 9.15. The van der Waals surface area contributed by atoms with Crippen molar-refractivity contribution in [2.45, 2.75) is 19.3 Å². The fraction of sp³-hybridized carbons (Fsp3) is 0.231. The smallest absolute Gasteiger partial charge is 0.250 e. The Labute approximate surface area is 114 Å². The minimum Gasteiger partial charge on any atom is -0.396 e. The van der Waals surface area contributed by atoms with Crippen molar-refractivity contribution < 1.29 is 4.79 Å². The molecule has 1 aliphatic rings. The molecule has 0 fully saturated rings. The molecular weight excluding hydrogens is 260 g/mol. The third-order valence-electron chi connectivity index (χ3n) is 3.21. The zero-order valence-electron chi connectivity index (χ0n) is 10.3. The van der Waals surface area contributed by atoms with Gasteiger partial charge in [0, 0.05) is 4.88 Å². The van der Waals surface area contributed by atoms with Crippen LogP contribution in [0.25, 0.3) is 0 Å². The number of benzene rings is 1. The van der Waals surface area contributed by atoms with E-state index in [0.717, 1.165) is 18.0 Å². The van der Waals surface area contributed by atoms with E-state index in [0.29, 0.717) is 16.9 Å². The van der Waals surface area contributed by atoms with Gasteiger partial charge in [0.2, 0.25) is 0 Å². The van der Waals surface area contributed by atoms with Crippen LogP contribution in [0.4, 0.5) is 16.5 Å². The van der Waals surface area contributed by atoms with E-state index in [1.807, 2.05) is 6.07 Å². The van der Waals surface area contributed by atoms with Crippen molar-refractivity contribution in [1.82, 2.24) is 4.98 Å². The zero-order valence-corrected chi connectivity index (χ0v) is 11.1. The van der Waals surface area contributed by atoms with Gasteiger partial charge in [-0.25, -0.2) is 4.98 Å². The van der Waals surface area contributed by atoms with Gasteiger partial charge in [-0.3, -0.25) is 4.79 Å². The molecule has 1 aromatic heterocycles. The van der Waals surface area contributed by atoms with Gasteiger partial charge in [-0.05, 0) is 31.4 Å². The number of rotatable bonds is 3. The van der Waals surface area contributed by atoms with Gasteiger partial charge >= 0.3 is 0 Å². The maximum absolute atomic E-state index is 11.2. The second-order valence-electron chi connectivity index (χ2n) is 4.50. The summed E-state index contributed by atoms with van der Waals surface area (Å²) in [6.45, 7) is 0. The lowest BCUT2D eigenvalue weighted by atomic mass is 10.1. The number of aromatic nitrogens is 1. The Balaban J connectivity index is 1.90. The topological polar surface area (TPSA) is 94.0 Å². The van der Waals surface area contributed by atoms with E-state index in [1.165, 1.54) is 17.0 Å². The summed E-state index contributed by atoms with van der Waals surface area (Å²) in [4.78, 5) is 17.1. The average Bonchev–Trinajstić information content (AvgIpc) is 2.92. The third kappa shape index (κ3) is 2.15. The van der Waals surface area contributed by atoms with Crippen molar-refractivity contribution >= 4 is 33.8 Å². The molecule has 3 rings (SSSR count). The number of hydrogen-bond acceptors (Lipinski definition) is 5. The van der Waals surface area contributed by atoms with Crippen LogP contribution in [0, 0.1) is 0 Å². The van der Waals surface area contributed by atoms with Crippen LogP contribution in [0.15, 0.2) is 18.2 Å². The van der Waals surface area contributed by atoms with Crippen LogP contribution in [0.2, 0.25) is 0 Å². The molecule has 0 bridgehead atoms. The van der Waals surface area contributed by atoms with Gasteiger partial charge in [-0.2, -0.15) is 0 Å². The van der Waals surface area contributed by atoms with Crippen LogP contribution in [-0.2, 0) is 12.8 Å². The maximum Gasteiger partial charge on any atom is 0.250 e. The zero-order chi connectivity index (χ0) is 13.4. The SMILES string of the molecule is NC(=O)c1cccc(Nc2nc3c(s2)CCC3)c1N. The quantitative estimate of drug-likeness (QED) is 0.747. The van der Waals surface area contributed by atoms with Gasteiger partial charge in [-0.15, -0.1) is 11.3 Å². The molecule has 0 unspecified atom stereocenters. The van der Waals surface area contributed by atoms with Gasteiger partial charge in [0.15, 0.2) is 5.13 Å². The van der Waals surface area contributed by atoms with Crippen LogP contribution in [0.5, 0.6) is 0 Å². The van der Waals surface area contributed by atoms with Crippen molar-refractivity contribution in [2.24, 2.45) is 5.73 Å². The number of amides is 1.